The fraction of sp³-hybridized carbons (Fsp3) is 0.333. The Hall–Kier alpha value is -3.19. The Morgan fingerprint density at radius 1 is 1.03 bits per heavy atom. The standard InChI is InChI=1S/C27H30FN3O2S/c1-30(2)24-14-13-22(29-26(32)19-8-6-9-21(28)16-19)17-20(24)18-31(23-10-4-3-5-11-23)27(33)25-12-7-15-34-25/h6-9,12-17,23H,3-5,10-11,18H2,1-2H3,(H,29,32). The maximum atomic E-state index is 13.6. The van der Waals surface area contributed by atoms with E-state index in [1.165, 1.54) is 36.0 Å². The highest BCUT2D eigenvalue weighted by Crippen LogP contribution is 2.30. The molecule has 0 aliphatic heterocycles. The first-order valence-electron chi connectivity index (χ1n) is 11.6. The zero-order valence-corrected chi connectivity index (χ0v) is 20.4. The van der Waals surface area contributed by atoms with Crippen molar-refractivity contribution in [3.63, 3.8) is 0 Å². The largest absolute Gasteiger partial charge is 0.377 e. The molecule has 1 aliphatic carbocycles. The van der Waals surface area contributed by atoms with Crippen molar-refractivity contribution in [3.05, 3.63) is 81.8 Å². The van der Waals surface area contributed by atoms with Gasteiger partial charge in [0.2, 0.25) is 0 Å². The van der Waals surface area contributed by atoms with Crippen molar-refractivity contribution in [2.45, 2.75) is 44.7 Å². The molecule has 7 heteroatoms. The van der Waals surface area contributed by atoms with E-state index in [9.17, 15) is 14.0 Å². The van der Waals surface area contributed by atoms with Crippen LogP contribution in [0.2, 0.25) is 0 Å². The van der Waals surface area contributed by atoms with Crippen LogP contribution >= 0.6 is 11.3 Å². The summed E-state index contributed by atoms with van der Waals surface area (Å²) >= 11 is 1.47. The zero-order valence-electron chi connectivity index (χ0n) is 19.6. The highest BCUT2D eigenvalue weighted by Gasteiger charge is 2.28. The first-order chi connectivity index (χ1) is 16.4. The Labute approximate surface area is 204 Å². The van der Waals surface area contributed by atoms with Gasteiger partial charge in [0.25, 0.3) is 11.8 Å². The predicted octanol–water partition coefficient (Wildman–Crippen LogP) is 6.18. The number of halogens is 1. The molecule has 34 heavy (non-hydrogen) atoms. The van der Waals surface area contributed by atoms with Crippen LogP contribution in [-0.2, 0) is 6.54 Å². The van der Waals surface area contributed by atoms with Crippen LogP contribution < -0.4 is 10.2 Å². The average Bonchev–Trinajstić information content (AvgIpc) is 3.38. The summed E-state index contributed by atoms with van der Waals surface area (Å²) in [5, 5.41) is 4.81. The van der Waals surface area contributed by atoms with Crippen LogP contribution in [-0.4, -0.2) is 36.9 Å². The fourth-order valence-corrected chi connectivity index (χ4v) is 5.22. The molecule has 0 spiro atoms. The van der Waals surface area contributed by atoms with E-state index in [1.54, 1.807) is 6.07 Å². The van der Waals surface area contributed by atoms with Crippen LogP contribution in [0.5, 0.6) is 0 Å². The number of anilines is 2. The molecule has 0 saturated heterocycles. The minimum absolute atomic E-state index is 0.0563. The van der Waals surface area contributed by atoms with Gasteiger partial charge in [0, 0.05) is 43.6 Å². The van der Waals surface area contributed by atoms with Crippen LogP contribution in [0, 0.1) is 5.82 Å². The van der Waals surface area contributed by atoms with Gasteiger partial charge in [0.1, 0.15) is 5.82 Å². The second kappa shape index (κ2) is 10.8. The highest BCUT2D eigenvalue weighted by atomic mass is 32.1. The van der Waals surface area contributed by atoms with Crippen LogP contribution in [0.3, 0.4) is 0 Å². The van der Waals surface area contributed by atoms with Gasteiger partial charge >= 0.3 is 0 Å². The van der Waals surface area contributed by atoms with Gasteiger partial charge in [0.15, 0.2) is 0 Å². The maximum Gasteiger partial charge on any atom is 0.264 e. The zero-order chi connectivity index (χ0) is 24.1. The minimum atomic E-state index is -0.452. The highest BCUT2D eigenvalue weighted by molar-refractivity contribution is 7.12. The summed E-state index contributed by atoms with van der Waals surface area (Å²) in [7, 11) is 3.94. The normalized spacial score (nSPS) is 14.0. The van der Waals surface area contributed by atoms with E-state index in [4.69, 9.17) is 0 Å². The number of rotatable bonds is 7. The van der Waals surface area contributed by atoms with E-state index >= 15 is 0 Å². The van der Waals surface area contributed by atoms with E-state index in [2.05, 4.69) is 5.32 Å². The smallest absolute Gasteiger partial charge is 0.264 e. The number of benzene rings is 2. The molecule has 1 heterocycles. The number of hydrogen-bond donors (Lipinski definition) is 1. The lowest BCUT2D eigenvalue weighted by Gasteiger charge is -2.35. The summed E-state index contributed by atoms with van der Waals surface area (Å²) in [5.74, 6) is -0.769. The van der Waals surface area contributed by atoms with E-state index in [0.717, 1.165) is 41.8 Å². The maximum absolute atomic E-state index is 13.6. The van der Waals surface area contributed by atoms with Gasteiger partial charge in [-0.15, -0.1) is 11.3 Å². The second-order valence-corrected chi connectivity index (χ2v) is 9.85. The minimum Gasteiger partial charge on any atom is -0.377 e. The summed E-state index contributed by atoms with van der Waals surface area (Å²) in [6, 6.07) is 15.3. The lowest BCUT2D eigenvalue weighted by Crippen LogP contribution is -2.41. The van der Waals surface area contributed by atoms with Gasteiger partial charge in [0.05, 0.1) is 4.88 Å². The number of carbonyl (C=O) groups is 2. The SMILES string of the molecule is CN(C)c1ccc(NC(=O)c2cccc(F)c2)cc1CN(C(=O)c1cccs1)C1CCCCC1. The monoisotopic (exact) mass is 479 g/mol. The van der Waals surface area contributed by atoms with Crippen LogP contribution in [0.1, 0.15) is 57.7 Å². The first-order valence-corrected chi connectivity index (χ1v) is 12.5. The van der Waals surface area contributed by atoms with Gasteiger partial charge in [-0.2, -0.15) is 0 Å². The van der Waals surface area contributed by atoms with Gasteiger partial charge in [-0.1, -0.05) is 31.4 Å². The van der Waals surface area contributed by atoms with Gasteiger partial charge in [-0.05, 0) is 66.2 Å². The number of carbonyl (C=O) groups excluding carboxylic acids is 2. The fourth-order valence-electron chi connectivity index (χ4n) is 4.54. The molecule has 2 aromatic carbocycles. The third-order valence-electron chi connectivity index (χ3n) is 6.25. The molecule has 1 saturated carbocycles. The summed E-state index contributed by atoms with van der Waals surface area (Å²) in [6.07, 6.45) is 5.48. The van der Waals surface area contributed by atoms with Crippen molar-refractivity contribution >= 4 is 34.5 Å². The van der Waals surface area contributed by atoms with Gasteiger partial charge < -0.3 is 15.1 Å². The molecule has 0 atom stereocenters. The molecule has 4 rings (SSSR count). The lowest BCUT2D eigenvalue weighted by molar-refractivity contribution is 0.0619. The van der Waals surface area contributed by atoms with Crippen LogP contribution in [0.4, 0.5) is 15.8 Å². The Morgan fingerprint density at radius 3 is 2.50 bits per heavy atom. The molecular formula is C27H30FN3O2S. The van der Waals surface area contributed by atoms with E-state index in [-0.39, 0.29) is 23.4 Å². The van der Waals surface area contributed by atoms with Crippen molar-refractivity contribution in [1.82, 2.24) is 4.90 Å². The third-order valence-corrected chi connectivity index (χ3v) is 7.11. The van der Waals surface area contributed by atoms with Crippen LogP contribution in [0.25, 0.3) is 0 Å². The Bertz CT molecular complexity index is 1140. The molecular weight excluding hydrogens is 449 g/mol. The number of amides is 2. The van der Waals surface area contributed by atoms with Crippen molar-refractivity contribution in [1.29, 1.82) is 0 Å². The van der Waals surface area contributed by atoms with Crippen molar-refractivity contribution in [3.8, 4) is 0 Å². The third kappa shape index (κ3) is 5.65. The first kappa shape index (κ1) is 24.0. The summed E-state index contributed by atoms with van der Waals surface area (Å²) in [5.41, 5.74) is 2.82. The Morgan fingerprint density at radius 2 is 1.82 bits per heavy atom. The summed E-state index contributed by atoms with van der Waals surface area (Å²) < 4.78 is 13.6. The Kier molecular flexibility index (Phi) is 7.63. The molecule has 1 aromatic heterocycles. The van der Waals surface area contributed by atoms with Crippen molar-refractivity contribution in [2.24, 2.45) is 0 Å². The quantitative estimate of drug-likeness (QED) is 0.440. The van der Waals surface area contributed by atoms with Crippen molar-refractivity contribution < 1.29 is 14.0 Å². The molecule has 5 nitrogen and oxygen atoms in total. The van der Waals surface area contributed by atoms with E-state index in [1.807, 2.05) is 59.6 Å². The molecule has 1 fully saturated rings. The van der Waals surface area contributed by atoms with Crippen LogP contribution in [0.15, 0.2) is 60.0 Å². The average molecular weight is 480 g/mol. The molecule has 3 aromatic rings. The number of nitrogens with zero attached hydrogens (tertiary/aromatic N) is 2. The van der Waals surface area contributed by atoms with E-state index in [0.29, 0.717) is 12.2 Å². The number of nitrogens with one attached hydrogen (secondary N) is 1. The molecule has 2 amide bonds. The molecule has 1 aliphatic rings. The lowest BCUT2D eigenvalue weighted by atomic mass is 9.93. The van der Waals surface area contributed by atoms with E-state index < -0.39 is 5.82 Å². The second-order valence-electron chi connectivity index (χ2n) is 8.90. The topological polar surface area (TPSA) is 52.7 Å². The van der Waals surface area contributed by atoms with Crippen molar-refractivity contribution in [2.75, 3.05) is 24.3 Å². The molecule has 1 N–H and O–H groups in total. The molecule has 0 unspecified atom stereocenters. The number of thiophene rings is 1. The Balaban J connectivity index is 1.63. The molecule has 178 valence electrons. The molecule has 0 radical (unpaired) electrons. The number of hydrogen-bond acceptors (Lipinski definition) is 4. The van der Waals surface area contributed by atoms with Gasteiger partial charge in [-0.3, -0.25) is 9.59 Å². The molecule has 0 bridgehead atoms. The van der Waals surface area contributed by atoms with Gasteiger partial charge in [-0.25, -0.2) is 4.39 Å². The predicted molar refractivity (Wildman–Crippen MR) is 136 cm³/mol. The summed E-state index contributed by atoms with van der Waals surface area (Å²) in [6.45, 7) is 0.457. The summed E-state index contributed by atoms with van der Waals surface area (Å²) in [4.78, 5) is 30.9.